The van der Waals surface area contributed by atoms with E-state index in [1.54, 1.807) is 0 Å². The monoisotopic (exact) mass is 1070 g/mol. The van der Waals surface area contributed by atoms with Crippen LogP contribution < -0.4 is 0 Å². The summed E-state index contributed by atoms with van der Waals surface area (Å²) in [5.74, 6) is -0.966. The van der Waals surface area contributed by atoms with Gasteiger partial charge in [-0.1, -0.05) is 210 Å². The SMILES string of the molecule is CC/C=C\C/C=C\C/C=C\C/C=C\CCCCC(=O)OC(COC(=O)CCCCCCCCCCCCCCCCCCCCCCCCCC)COC1OC(COC2OC(CO)C(O)C(O)C2O)C(O)C(O)C1O. The standard InChI is InChI=1S/C60H106O15/c1-3-5-7-9-11-13-15-17-19-20-21-22-23-24-25-26-27-29-30-32-34-36-38-40-42-51(62)70-45-48(73-52(63)43-41-39-37-35-33-31-28-18-16-14-12-10-8-6-4-2)46-71-59-58(69)56(67)54(65)50(75-59)47-72-60-57(68)55(66)53(64)49(44-61)74-60/h6,8,12,14,18,28,33,35,48-50,53-61,64-69H,3-5,7,9-11,13,15-17,19-27,29-32,34,36-47H2,1-2H3/b8-6-,14-12-,28-18-,35-33-. The molecule has 75 heavy (non-hydrogen) atoms. The van der Waals surface area contributed by atoms with E-state index < -0.39 is 99.3 Å². The van der Waals surface area contributed by atoms with Crippen LogP contribution in [0.4, 0.5) is 0 Å². The number of unbranched alkanes of at least 4 members (excludes halogenated alkanes) is 25. The van der Waals surface area contributed by atoms with Crippen molar-refractivity contribution in [2.75, 3.05) is 26.4 Å². The summed E-state index contributed by atoms with van der Waals surface area (Å²) in [6, 6.07) is 0. The number of aliphatic hydroxyl groups excluding tert-OH is 7. The van der Waals surface area contributed by atoms with Crippen molar-refractivity contribution in [3.8, 4) is 0 Å². The zero-order chi connectivity index (χ0) is 54.6. The molecule has 7 N–H and O–H groups in total. The smallest absolute Gasteiger partial charge is 0.306 e. The Bertz CT molecular complexity index is 1490. The molecular formula is C60H106O15. The Balaban J connectivity index is 1.72. The maximum absolute atomic E-state index is 13.0. The Morgan fingerprint density at radius 1 is 0.440 bits per heavy atom. The van der Waals surface area contributed by atoms with Crippen LogP contribution in [0, 0.1) is 0 Å². The van der Waals surface area contributed by atoms with Crippen LogP contribution in [0.25, 0.3) is 0 Å². The molecule has 0 radical (unpaired) electrons. The fourth-order valence-corrected chi connectivity index (χ4v) is 9.27. The molecule has 0 aliphatic carbocycles. The highest BCUT2D eigenvalue weighted by Gasteiger charge is 2.47. The van der Waals surface area contributed by atoms with Crippen molar-refractivity contribution in [3.63, 3.8) is 0 Å². The zero-order valence-corrected chi connectivity index (χ0v) is 46.5. The third kappa shape index (κ3) is 33.5. The molecule has 0 aromatic carbocycles. The molecule has 2 fully saturated rings. The number of carbonyl (C=O) groups excluding carboxylic acids is 2. The molecule has 0 aromatic rings. The maximum Gasteiger partial charge on any atom is 0.306 e. The van der Waals surface area contributed by atoms with Crippen molar-refractivity contribution in [1.29, 1.82) is 0 Å². The van der Waals surface area contributed by atoms with Crippen LogP contribution in [0.15, 0.2) is 48.6 Å². The van der Waals surface area contributed by atoms with Crippen LogP contribution in [0.3, 0.4) is 0 Å². The van der Waals surface area contributed by atoms with E-state index in [9.17, 15) is 45.3 Å². The second-order valence-corrected chi connectivity index (χ2v) is 20.8. The number of rotatable bonds is 47. The van der Waals surface area contributed by atoms with Crippen molar-refractivity contribution in [2.24, 2.45) is 0 Å². The lowest BCUT2D eigenvalue weighted by Crippen LogP contribution is -2.61. The first-order chi connectivity index (χ1) is 36.5. The first-order valence-corrected chi connectivity index (χ1v) is 29.7. The second-order valence-electron chi connectivity index (χ2n) is 20.8. The molecular weight excluding hydrogens is 961 g/mol. The van der Waals surface area contributed by atoms with Gasteiger partial charge in [0.25, 0.3) is 0 Å². The zero-order valence-electron chi connectivity index (χ0n) is 46.5. The Morgan fingerprint density at radius 3 is 1.32 bits per heavy atom. The predicted molar refractivity (Wildman–Crippen MR) is 293 cm³/mol. The number of ether oxygens (including phenoxy) is 6. The van der Waals surface area contributed by atoms with Gasteiger partial charge in [-0.15, -0.1) is 0 Å². The molecule has 11 unspecified atom stereocenters. The van der Waals surface area contributed by atoms with Crippen molar-refractivity contribution >= 4 is 11.9 Å². The average molecular weight is 1070 g/mol. The molecule has 0 aromatic heterocycles. The van der Waals surface area contributed by atoms with Crippen LogP contribution in [0.2, 0.25) is 0 Å². The molecule has 436 valence electrons. The van der Waals surface area contributed by atoms with Gasteiger partial charge in [0.15, 0.2) is 18.7 Å². The minimum Gasteiger partial charge on any atom is -0.462 e. The van der Waals surface area contributed by atoms with Gasteiger partial charge < -0.3 is 64.2 Å². The highest BCUT2D eigenvalue weighted by atomic mass is 16.7. The molecule has 15 heteroatoms. The predicted octanol–water partition coefficient (Wildman–Crippen LogP) is 10.2. The Hall–Kier alpha value is -2.54. The van der Waals surface area contributed by atoms with Crippen LogP contribution in [-0.2, 0) is 38.0 Å². The summed E-state index contributed by atoms with van der Waals surface area (Å²) in [6.07, 6.45) is 37.2. The van der Waals surface area contributed by atoms with Gasteiger partial charge >= 0.3 is 11.9 Å². The van der Waals surface area contributed by atoms with E-state index in [0.29, 0.717) is 12.8 Å². The summed E-state index contributed by atoms with van der Waals surface area (Å²) in [6.45, 7) is 2.46. The molecule has 0 saturated carbocycles. The Morgan fingerprint density at radius 2 is 0.840 bits per heavy atom. The van der Waals surface area contributed by atoms with E-state index in [1.807, 2.05) is 0 Å². The first-order valence-electron chi connectivity index (χ1n) is 29.7. The van der Waals surface area contributed by atoms with E-state index in [4.69, 9.17) is 28.4 Å². The maximum atomic E-state index is 13.0. The molecule has 15 nitrogen and oxygen atoms in total. The van der Waals surface area contributed by atoms with Crippen LogP contribution in [0.1, 0.15) is 226 Å². The summed E-state index contributed by atoms with van der Waals surface area (Å²) >= 11 is 0. The number of carbonyl (C=O) groups is 2. The van der Waals surface area contributed by atoms with Gasteiger partial charge in [0.2, 0.25) is 0 Å². The summed E-state index contributed by atoms with van der Waals surface area (Å²) < 4.78 is 33.6. The molecule has 0 spiro atoms. The van der Waals surface area contributed by atoms with E-state index >= 15 is 0 Å². The lowest BCUT2D eigenvalue weighted by Gasteiger charge is -2.42. The van der Waals surface area contributed by atoms with E-state index in [2.05, 4.69) is 62.5 Å². The molecule has 2 saturated heterocycles. The van der Waals surface area contributed by atoms with Crippen molar-refractivity contribution in [2.45, 2.75) is 293 Å². The van der Waals surface area contributed by atoms with Gasteiger partial charge in [-0.3, -0.25) is 9.59 Å². The van der Waals surface area contributed by atoms with Gasteiger partial charge in [-0.25, -0.2) is 0 Å². The number of hydrogen-bond donors (Lipinski definition) is 7. The minimum atomic E-state index is -1.77. The van der Waals surface area contributed by atoms with Crippen LogP contribution in [0.5, 0.6) is 0 Å². The average Bonchev–Trinajstić information content (AvgIpc) is 3.40. The summed E-state index contributed by atoms with van der Waals surface area (Å²) in [5, 5.41) is 72.3. The minimum absolute atomic E-state index is 0.113. The normalized spacial score (nSPS) is 24.8. The lowest BCUT2D eigenvalue weighted by atomic mass is 9.98. The van der Waals surface area contributed by atoms with Crippen LogP contribution >= 0.6 is 0 Å². The summed E-state index contributed by atoms with van der Waals surface area (Å²) in [4.78, 5) is 25.9. The number of aliphatic hydroxyl groups is 7. The third-order valence-electron chi connectivity index (χ3n) is 14.1. The molecule has 2 aliphatic heterocycles. The Labute approximate surface area is 452 Å². The third-order valence-corrected chi connectivity index (χ3v) is 14.1. The van der Waals surface area contributed by atoms with E-state index in [-0.39, 0.29) is 19.4 Å². The van der Waals surface area contributed by atoms with Gasteiger partial charge in [0, 0.05) is 12.8 Å². The molecule has 11 atom stereocenters. The van der Waals surface area contributed by atoms with Crippen LogP contribution in [-0.4, -0.2) is 142 Å². The van der Waals surface area contributed by atoms with Gasteiger partial charge in [-0.2, -0.15) is 0 Å². The fourth-order valence-electron chi connectivity index (χ4n) is 9.27. The van der Waals surface area contributed by atoms with E-state index in [0.717, 1.165) is 57.8 Å². The highest BCUT2D eigenvalue weighted by Crippen LogP contribution is 2.27. The van der Waals surface area contributed by atoms with Crippen molar-refractivity contribution < 1.29 is 73.8 Å². The Kier molecular flexibility index (Phi) is 42.4. The number of allylic oxidation sites excluding steroid dienone is 8. The molecule has 0 bridgehead atoms. The summed E-state index contributed by atoms with van der Waals surface area (Å²) in [5.41, 5.74) is 0. The molecule has 2 rings (SSSR count). The topological polar surface area (TPSA) is 231 Å². The fraction of sp³-hybridized carbons (Fsp3) is 0.833. The lowest BCUT2D eigenvalue weighted by molar-refractivity contribution is -0.332. The second kappa shape index (κ2) is 46.4. The van der Waals surface area contributed by atoms with Gasteiger partial charge in [0.05, 0.1) is 19.8 Å². The molecule has 2 aliphatic rings. The first kappa shape index (κ1) is 68.6. The van der Waals surface area contributed by atoms with E-state index in [1.165, 1.54) is 128 Å². The van der Waals surface area contributed by atoms with Crippen molar-refractivity contribution in [1.82, 2.24) is 0 Å². The molecule has 0 amide bonds. The summed E-state index contributed by atoms with van der Waals surface area (Å²) in [7, 11) is 0. The quantitative estimate of drug-likeness (QED) is 0.0171. The number of esters is 2. The largest absolute Gasteiger partial charge is 0.462 e. The highest BCUT2D eigenvalue weighted by molar-refractivity contribution is 5.70. The van der Waals surface area contributed by atoms with Gasteiger partial charge in [-0.05, 0) is 51.4 Å². The number of hydrogen-bond acceptors (Lipinski definition) is 15. The van der Waals surface area contributed by atoms with Gasteiger partial charge in [0.1, 0.15) is 55.4 Å². The van der Waals surface area contributed by atoms with Crippen molar-refractivity contribution in [3.05, 3.63) is 48.6 Å². The molecule has 2 heterocycles.